The van der Waals surface area contributed by atoms with Gasteiger partial charge in [0.2, 0.25) is 0 Å². The second kappa shape index (κ2) is 6.71. The van der Waals surface area contributed by atoms with Crippen LogP contribution in [0, 0.1) is 6.92 Å². The fraction of sp³-hybridized carbons (Fsp3) is 0.500. The average Bonchev–Trinajstić information content (AvgIpc) is 2.68. The predicted octanol–water partition coefficient (Wildman–Crippen LogP) is 2.93. The van der Waals surface area contributed by atoms with Crippen LogP contribution in [0.25, 0.3) is 6.08 Å². The maximum absolute atomic E-state index is 11.5. The average molecular weight is 331 g/mol. The zero-order chi connectivity index (χ0) is 18.1. The van der Waals surface area contributed by atoms with Crippen LogP contribution >= 0.6 is 0 Å². The highest BCUT2D eigenvalue weighted by Gasteiger charge is 2.52. The topological polar surface area (TPSA) is 67.8 Å². The number of hydrogen-bond donors (Lipinski definition) is 2. The summed E-state index contributed by atoms with van der Waals surface area (Å²) >= 11 is 0. The molecule has 1 heterocycles. The lowest BCUT2D eigenvalue weighted by atomic mass is 9.76. The van der Waals surface area contributed by atoms with Crippen molar-refractivity contribution < 1.29 is 19.2 Å². The maximum Gasteiger partial charge on any atom is 0.491 e. The number of aryl methyl sites for hydroxylation is 1. The van der Waals surface area contributed by atoms with Crippen molar-refractivity contribution >= 4 is 19.2 Å². The summed E-state index contributed by atoms with van der Waals surface area (Å²) in [5, 5.41) is 12.6. The summed E-state index contributed by atoms with van der Waals surface area (Å²) < 4.78 is 12.2. The van der Waals surface area contributed by atoms with E-state index in [-0.39, 0.29) is 5.56 Å². The van der Waals surface area contributed by atoms with E-state index >= 15 is 0 Å². The Kier molecular flexibility index (Phi) is 5.23. The van der Waals surface area contributed by atoms with Gasteiger partial charge in [-0.3, -0.25) is 0 Å². The van der Waals surface area contributed by atoms with Crippen LogP contribution in [0.1, 0.15) is 49.2 Å². The Morgan fingerprint density at radius 3 is 2.33 bits per heavy atom. The van der Waals surface area contributed by atoms with Crippen LogP contribution in [-0.4, -0.2) is 43.0 Å². The van der Waals surface area contributed by atoms with E-state index in [1.807, 2.05) is 53.8 Å². The first-order valence-electron chi connectivity index (χ1n) is 8.12. The van der Waals surface area contributed by atoms with Gasteiger partial charge < -0.3 is 19.7 Å². The molecule has 130 valence electrons. The zero-order valence-electron chi connectivity index (χ0n) is 15.3. The number of benzene rings is 1. The van der Waals surface area contributed by atoms with Gasteiger partial charge in [-0.25, -0.2) is 4.79 Å². The molecule has 0 saturated carbocycles. The Balaban J connectivity index is 2.47. The lowest BCUT2D eigenvalue weighted by molar-refractivity contribution is 0.00578. The van der Waals surface area contributed by atoms with Gasteiger partial charge in [-0.1, -0.05) is 18.2 Å². The molecule has 0 aromatic heterocycles. The van der Waals surface area contributed by atoms with E-state index in [9.17, 15) is 9.90 Å². The number of aromatic carboxylic acids is 1. The van der Waals surface area contributed by atoms with Gasteiger partial charge in [-0.15, -0.1) is 0 Å². The van der Waals surface area contributed by atoms with Crippen molar-refractivity contribution in [2.75, 3.05) is 13.6 Å². The van der Waals surface area contributed by atoms with E-state index in [0.29, 0.717) is 12.1 Å². The molecule has 1 aromatic rings. The van der Waals surface area contributed by atoms with Crippen molar-refractivity contribution in [2.45, 2.75) is 45.8 Å². The Labute approximate surface area is 144 Å². The third-order valence-electron chi connectivity index (χ3n) is 4.82. The third-order valence-corrected chi connectivity index (χ3v) is 4.82. The highest BCUT2D eigenvalue weighted by molar-refractivity contribution is 6.56. The normalized spacial score (nSPS) is 19.6. The molecule has 0 spiro atoms. The first-order chi connectivity index (χ1) is 11.1. The summed E-state index contributed by atoms with van der Waals surface area (Å²) in [6, 6.07) is 5.27. The van der Waals surface area contributed by atoms with Crippen molar-refractivity contribution in [3.63, 3.8) is 0 Å². The van der Waals surface area contributed by atoms with E-state index in [1.54, 1.807) is 12.1 Å². The zero-order valence-corrected chi connectivity index (χ0v) is 15.3. The summed E-state index contributed by atoms with van der Waals surface area (Å²) in [7, 11) is 1.33. The number of rotatable bonds is 5. The number of hydrogen-bond acceptors (Lipinski definition) is 4. The number of carboxylic acid groups (broad SMARTS) is 1. The Bertz CT molecular complexity index is 651. The molecule has 0 aliphatic carbocycles. The minimum absolute atomic E-state index is 0.278. The summed E-state index contributed by atoms with van der Waals surface area (Å²) in [6.07, 6.45) is 1.87. The lowest BCUT2D eigenvalue weighted by Crippen LogP contribution is -2.41. The molecule has 2 N–H and O–H groups in total. The molecule has 24 heavy (non-hydrogen) atoms. The van der Waals surface area contributed by atoms with Gasteiger partial charge in [0.05, 0.1) is 16.8 Å². The molecular formula is C18H26BNO4. The van der Waals surface area contributed by atoms with Crippen LogP contribution in [0.15, 0.2) is 23.7 Å². The van der Waals surface area contributed by atoms with Gasteiger partial charge in [-0.2, -0.15) is 0 Å². The standard InChI is InChI=1S/C18H26BNO4/c1-12-8-7-9-14(16(21)22)15(12)10-13(11-20-6)19-23-17(2,3)18(4,5)24-19/h7-10,20H,11H2,1-6H3,(H,21,22). The molecule has 1 saturated heterocycles. The molecule has 0 atom stereocenters. The predicted molar refractivity (Wildman–Crippen MR) is 96.1 cm³/mol. The monoisotopic (exact) mass is 331 g/mol. The Morgan fingerprint density at radius 1 is 1.25 bits per heavy atom. The molecule has 1 aliphatic heterocycles. The molecule has 6 heteroatoms. The molecule has 0 bridgehead atoms. The molecule has 5 nitrogen and oxygen atoms in total. The van der Waals surface area contributed by atoms with Crippen molar-refractivity contribution in [3.05, 3.63) is 40.4 Å². The Hall–Kier alpha value is -1.63. The van der Waals surface area contributed by atoms with Crippen LogP contribution in [0.5, 0.6) is 0 Å². The van der Waals surface area contributed by atoms with Crippen LogP contribution in [0.3, 0.4) is 0 Å². The number of carbonyl (C=O) groups is 1. The van der Waals surface area contributed by atoms with Gasteiger partial charge in [-0.05, 0) is 64.3 Å². The van der Waals surface area contributed by atoms with Crippen LogP contribution in [0.2, 0.25) is 0 Å². The number of likely N-dealkylation sites (N-methyl/N-ethyl adjacent to an activating group) is 1. The Morgan fingerprint density at radius 2 is 1.83 bits per heavy atom. The summed E-state index contributed by atoms with van der Waals surface area (Å²) in [5.74, 6) is -0.942. The molecular weight excluding hydrogens is 305 g/mol. The molecule has 1 aliphatic rings. The molecule has 0 unspecified atom stereocenters. The van der Waals surface area contributed by atoms with Crippen LogP contribution in [-0.2, 0) is 9.31 Å². The summed E-state index contributed by atoms with van der Waals surface area (Å²) in [5.41, 5.74) is 1.86. The van der Waals surface area contributed by atoms with E-state index in [0.717, 1.165) is 11.0 Å². The van der Waals surface area contributed by atoms with E-state index in [2.05, 4.69) is 5.32 Å². The minimum atomic E-state index is -0.942. The number of nitrogens with one attached hydrogen (secondary N) is 1. The molecule has 1 fully saturated rings. The smallest absolute Gasteiger partial charge is 0.478 e. The van der Waals surface area contributed by atoms with Gasteiger partial charge in [0.1, 0.15) is 0 Å². The minimum Gasteiger partial charge on any atom is -0.478 e. The second-order valence-electron chi connectivity index (χ2n) is 7.18. The highest BCUT2D eigenvalue weighted by Crippen LogP contribution is 2.39. The fourth-order valence-corrected chi connectivity index (χ4v) is 2.65. The van der Waals surface area contributed by atoms with Gasteiger partial charge in [0.15, 0.2) is 0 Å². The SMILES string of the molecule is CNCC(=Cc1c(C)cccc1C(=O)O)B1OC(C)(C)C(C)(C)O1. The van der Waals surface area contributed by atoms with Crippen molar-refractivity contribution in [1.82, 2.24) is 5.32 Å². The van der Waals surface area contributed by atoms with Crippen molar-refractivity contribution in [3.8, 4) is 0 Å². The summed E-state index contributed by atoms with van der Waals surface area (Å²) in [6.45, 7) is 10.4. The molecule has 2 rings (SSSR count). The van der Waals surface area contributed by atoms with Gasteiger partial charge in [0.25, 0.3) is 0 Å². The summed E-state index contributed by atoms with van der Waals surface area (Å²) in [4.78, 5) is 11.5. The van der Waals surface area contributed by atoms with Gasteiger partial charge in [0, 0.05) is 6.54 Å². The fourth-order valence-electron chi connectivity index (χ4n) is 2.65. The first kappa shape index (κ1) is 18.7. The first-order valence-corrected chi connectivity index (χ1v) is 8.12. The third kappa shape index (κ3) is 3.56. The van der Waals surface area contributed by atoms with E-state index < -0.39 is 24.3 Å². The lowest BCUT2D eigenvalue weighted by Gasteiger charge is -2.32. The van der Waals surface area contributed by atoms with Crippen molar-refractivity contribution in [1.29, 1.82) is 0 Å². The molecule has 0 radical (unpaired) electrons. The van der Waals surface area contributed by atoms with Crippen molar-refractivity contribution in [2.24, 2.45) is 0 Å². The maximum atomic E-state index is 11.5. The molecule has 1 aromatic carbocycles. The van der Waals surface area contributed by atoms with E-state index in [1.165, 1.54) is 0 Å². The largest absolute Gasteiger partial charge is 0.491 e. The second-order valence-corrected chi connectivity index (χ2v) is 7.18. The quantitative estimate of drug-likeness (QED) is 0.812. The van der Waals surface area contributed by atoms with Gasteiger partial charge >= 0.3 is 13.1 Å². The van der Waals surface area contributed by atoms with Crippen LogP contribution in [0.4, 0.5) is 0 Å². The van der Waals surface area contributed by atoms with E-state index in [4.69, 9.17) is 9.31 Å². The number of carboxylic acids is 1. The molecule has 0 amide bonds. The van der Waals surface area contributed by atoms with Crippen LogP contribution < -0.4 is 5.32 Å². The highest BCUT2D eigenvalue weighted by atomic mass is 16.7.